The minimum absolute atomic E-state index is 0.196. The van der Waals surface area contributed by atoms with Crippen LogP contribution in [0.25, 0.3) is 0 Å². The van der Waals surface area contributed by atoms with Gasteiger partial charge in [0.15, 0.2) is 5.72 Å². The molecular formula is C21H22N2O3. The number of benzene rings is 2. The monoisotopic (exact) mass is 350 g/mol. The van der Waals surface area contributed by atoms with Crippen LogP contribution in [0.15, 0.2) is 48.5 Å². The Bertz CT molecular complexity index is 894. The Kier molecular flexibility index (Phi) is 3.75. The molecule has 4 rings (SSSR count). The van der Waals surface area contributed by atoms with Gasteiger partial charge in [0, 0.05) is 25.1 Å². The second-order valence-electron chi connectivity index (χ2n) is 7.36. The normalized spacial score (nSPS) is 26.7. The van der Waals surface area contributed by atoms with Crippen LogP contribution in [0.2, 0.25) is 0 Å². The highest BCUT2D eigenvalue weighted by atomic mass is 16.5. The van der Waals surface area contributed by atoms with Crippen LogP contribution in [0.4, 0.5) is 5.69 Å². The molecule has 1 N–H and O–H groups in total. The fourth-order valence-electron chi connectivity index (χ4n) is 4.03. The lowest BCUT2D eigenvalue weighted by Gasteiger charge is -2.51. The number of carbonyl (C=O) groups is 2. The van der Waals surface area contributed by atoms with Crippen LogP contribution < -0.4 is 10.1 Å². The average molecular weight is 350 g/mol. The van der Waals surface area contributed by atoms with Gasteiger partial charge in [-0.15, -0.1) is 0 Å². The number of fused-ring (bicyclic) bond motifs is 4. The number of anilines is 1. The molecule has 1 saturated heterocycles. The third kappa shape index (κ3) is 2.55. The summed E-state index contributed by atoms with van der Waals surface area (Å²) >= 11 is 0. The Labute approximate surface area is 153 Å². The number of para-hydroxylation sites is 1. The third-order valence-corrected chi connectivity index (χ3v) is 5.52. The standard InChI is InChI=1S/C21H22N2O3/c1-13-7-6-8-14(11-13)22-19(24)18-16-12-21(2,23(3)20(18)25)26-17-10-5-4-9-15(16)17/h4-11,16,18H,12H2,1-3H3,(H,22,24)/t16-,18+,21+/m0/s1. The lowest BCUT2D eigenvalue weighted by atomic mass is 9.73. The molecule has 3 atom stereocenters. The third-order valence-electron chi connectivity index (χ3n) is 5.52. The predicted molar refractivity (Wildman–Crippen MR) is 98.9 cm³/mol. The average Bonchev–Trinajstić information content (AvgIpc) is 2.60. The smallest absolute Gasteiger partial charge is 0.238 e. The predicted octanol–water partition coefficient (Wildman–Crippen LogP) is 3.30. The Morgan fingerprint density at radius 1 is 1.23 bits per heavy atom. The van der Waals surface area contributed by atoms with Crippen molar-refractivity contribution in [3.8, 4) is 5.75 Å². The van der Waals surface area contributed by atoms with Crippen LogP contribution in [0.3, 0.4) is 0 Å². The van der Waals surface area contributed by atoms with Gasteiger partial charge in [-0.2, -0.15) is 0 Å². The molecule has 5 nitrogen and oxygen atoms in total. The maximum absolute atomic E-state index is 13.0. The van der Waals surface area contributed by atoms with Crippen molar-refractivity contribution in [1.29, 1.82) is 0 Å². The summed E-state index contributed by atoms with van der Waals surface area (Å²) < 4.78 is 6.11. The zero-order valence-electron chi connectivity index (χ0n) is 15.2. The van der Waals surface area contributed by atoms with E-state index in [4.69, 9.17) is 4.74 Å². The number of nitrogens with zero attached hydrogens (tertiary/aromatic N) is 1. The van der Waals surface area contributed by atoms with Gasteiger partial charge >= 0.3 is 0 Å². The van der Waals surface area contributed by atoms with Crippen molar-refractivity contribution in [3.05, 3.63) is 59.7 Å². The van der Waals surface area contributed by atoms with Crippen LogP contribution in [0, 0.1) is 12.8 Å². The van der Waals surface area contributed by atoms with E-state index in [2.05, 4.69) is 5.32 Å². The highest BCUT2D eigenvalue weighted by Gasteiger charge is 2.54. The summed E-state index contributed by atoms with van der Waals surface area (Å²) in [5.41, 5.74) is 1.96. The van der Waals surface area contributed by atoms with Crippen LogP contribution in [0.5, 0.6) is 5.75 Å². The number of hydrogen-bond donors (Lipinski definition) is 1. The first-order valence-corrected chi connectivity index (χ1v) is 8.82. The van der Waals surface area contributed by atoms with Crippen LogP contribution in [-0.4, -0.2) is 29.5 Å². The van der Waals surface area contributed by atoms with Crippen molar-refractivity contribution >= 4 is 17.5 Å². The topological polar surface area (TPSA) is 58.6 Å². The Hall–Kier alpha value is -2.82. The first-order valence-electron chi connectivity index (χ1n) is 8.82. The highest BCUT2D eigenvalue weighted by Crippen LogP contribution is 2.49. The van der Waals surface area contributed by atoms with Crippen molar-refractivity contribution in [2.24, 2.45) is 5.92 Å². The Balaban J connectivity index is 1.71. The van der Waals surface area contributed by atoms with E-state index >= 15 is 0 Å². The molecule has 2 bridgehead atoms. The molecule has 2 aromatic rings. The Morgan fingerprint density at radius 2 is 2.00 bits per heavy atom. The van der Waals surface area contributed by atoms with Gasteiger partial charge in [-0.1, -0.05) is 30.3 Å². The van der Waals surface area contributed by atoms with Crippen molar-refractivity contribution in [3.63, 3.8) is 0 Å². The summed E-state index contributed by atoms with van der Waals surface area (Å²) in [6.45, 7) is 3.87. The van der Waals surface area contributed by atoms with Crippen molar-refractivity contribution < 1.29 is 14.3 Å². The van der Waals surface area contributed by atoms with Crippen molar-refractivity contribution in [2.45, 2.75) is 31.9 Å². The molecule has 5 heteroatoms. The second kappa shape index (κ2) is 5.87. The quantitative estimate of drug-likeness (QED) is 0.846. The minimum Gasteiger partial charge on any atom is -0.468 e. The summed E-state index contributed by atoms with van der Waals surface area (Å²) in [6.07, 6.45) is 0.595. The molecule has 1 fully saturated rings. The number of hydrogen-bond acceptors (Lipinski definition) is 3. The molecule has 26 heavy (non-hydrogen) atoms. The van der Waals surface area contributed by atoms with E-state index in [1.165, 1.54) is 0 Å². The fourth-order valence-corrected chi connectivity index (χ4v) is 4.03. The van der Waals surface area contributed by atoms with Crippen LogP contribution in [0.1, 0.15) is 30.4 Å². The van der Waals surface area contributed by atoms with E-state index in [1.807, 2.05) is 62.4 Å². The van der Waals surface area contributed by atoms with Crippen LogP contribution >= 0.6 is 0 Å². The van der Waals surface area contributed by atoms with Crippen molar-refractivity contribution in [2.75, 3.05) is 12.4 Å². The van der Waals surface area contributed by atoms with Gasteiger partial charge in [0.05, 0.1) is 0 Å². The van der Waals surface area contributed by atoms with Crippen molar-refractivity contribution in [1.82, 2.24) is 4.90 Å². The molecule has 0 aliphatic carbocycles. The lowest BCUT2D eigenvalue weighted by molar-refractivity contribution is -0.170. The molecule has 134 valence electrons. The van der Waals surface area contributed by atoms with Crippen LogP contribution in [-0.2, 0) is 9.59 Å². The first kappa shape index (κ1) is 16.6. The molecular weight excluding hydrogens is 328 g/mol. The number of rotatable bonds is 2. The maximum atomic E-state index is 13.0. The number of nitrogens with one attached hydrogen (secondary N) is 1. The van der Waals surface area contributed by atoms with E-state index in [0.29, 0.717) is 12.1 Å². The molecule has 2 aliphatic heterocycles. The summed E-state index contributed by atoms with van der Waals surface area (Å²) in [5, 5.41) is 2.92. The zero-order chi connectivity index (χ0) is 18.5. The van der Waals surface area contributed by atoms with E-state index in [9.17, 15) is 9.59 Å². The SMILES string of the molecule is Cc1cccc(NC(=O)[C@@H]2C(=O)N(C)[C@@]3(C)C[C@H]2c2ccccc2O3)c1. The number of piperidine rings is 1. The van der Waals surface area contributed by atoms with E-state index in [1.54, 1.807) is 11.9 Å². The molecule has 0 saturated carbocycles. The summed E-state index contributed by atoms with van der Waals surface area (Å²) in [6, 6.07) is 15.3. The molecule has 0 radical (unpaired) electrons. The van der Waals surface area contributed by atoms with Gasteiger partial charge in [-0.05, 0) is 43.2 Å². The maximum Gasteiger partial charge on any atom is 0.238 e. The summed E-state index contributed by atoms with van der Waals surface area (Å²) in [7, 11) is 1.71. The lowest BCUT2D eigenvalue weighted by Crippen LogP contribution is -2.62. The summed E-state index contributed by atoms with van der Waals surface area (Å²) in [5.74, 6) is -0.685. The summed E-state index contributed by atoms with van der Waals surface area (Å²) in [4.78, 5) is 27.7. The van der Waals surface area contributed by atoms with E-state index in [0.717, 1.165) is 16.9 Å². The molecule has 0 spiro atoms. The number of carbonyl (C=O) groups excluding carboxylic acids is 2. The van der Waals surface area contributed by atoms with Gasteiger partial charge in [-0.25, -0.2) is 0 Å². The van der Waals surface area contributed by atoms with Gasteiger partial charge in [0.1, 0.15) is 11.7 Å². The number of amides is 2. The number of ether oxygens (including phenoxy) is 1. The minimum atomic E-state index is -0.765. The molecule has 2 amide bonds. The molecule has 2 aliphatic rings. The number of aryl methyl sites for hydroxylation is 1. The van der Waals surface area contributed by atoms with E-state index in [-0.39, 0.29) is 17.7 Å². The highest BCUT2D eigenvalue weighted by molar-refractivity contribution is 6.08. The Morgan fingerprint density at radius 3 is 2.77 bits per heavy atom. The fraction of sp³-hybridized carbons (Fsp3) is 0.333. The largest absolute Gasteiger partial charge is 0.468 e. The number of likely N-dealkylation sites (tertiary alicyclic amines) is 1. The second-order valence-corrected chi connectivity index (χ2v) is 7.36. The first-order chi connectivity index (χ1) is 12.4. The van der Waals surface area contributed by atoms with Gasteiger partial charge in [0.2, 0.25) is 11.8 Å². The molecule has 2 heterocycles. The molecule has 0 unspecified atom stereocenters. The van der Waals surface area contributed by atoms with E-state index < -0.39 is 11.6 Å². The molecule has 2 aromatic carbocycles. The molecule has 0 aromatic heterocycles. The zero-order valence-corrected chi connectivity index (χ0v) is 15.2. The van der Waals surface area contributed by atoms with Gasteiger partial charge in [-0.3, -0.25) is 9.59 Å². The van der Waals surface area contributed by atoms with Gasteiger partial charge < -0.3 is 15.0 Å². The van der Waals surface area contributed by atoms with Gasteiger partial charge in [0.25, 0.3) is 0 Å².